The molecule has 2 heteroatoms. The first-order valence-electron chi connectivity index (χ1n) is 7.34. The lowest BCUT2D eigenvalue weighted by molar-refractivity contribution is 0.415. The van der Waals surface area contributed by atoms with Crippen molar-refractivity contribution in [2.24, 2.45) is 0 Å². The van der Waals surface area contributed by atoms with Crippen LogP contribution in [0.1, 0.15) is 5.56 Å². The van der Waals surface area contributed by atoms with Gasteiger partial charge in [0, 0.05) is 23.1 Å². The monoisotopic (exact) mass is 289 g/mol. The molecule has 0 aliphatic rings. The van der Waals surface area contributed by atoms with Crippen molar-refractivity contribution in [2.75, 3.05) is 12.0 Å². The highest BCUT2D eigenvalue weighted by Gasteiger charge is 2.12. The van der Waals surface area contributed by atoms with E-state index in [9.17, 15) is 0 Å². The average Bonchev–Trinajstić information content (AvgIpc) is 2.56. The molecule has 3 aromatic carbocycles. The molecule has 0 amide bonds. The Hall–Kier alpha value is -2.74. The van der Waals surface area contributed by atoms with E-state index in [-0.39, 0.29) is 0 Å². The van der Waals surface area contributed by atoms with Crippen molar-refractivity contribution in [3.8, 4) is 5.75 Å². The molecule has 3 rings (SSSR count). The summed E-state index contributed by atoms with van der Waals surface area (Å²) in [7, 11) is 1.69. The number of nitrogens with zero attached hydrogens (tertiary/aromatic N) is 1. The third-order valence-corrected chi connectivity index (χ3v) is 3.59. The molecular formula is C20H19NO. The van der Waals surface area contributed by atoms with Crippen LogP contribution in [0.3, 0.4) is 0 Å². The Morgan fingerprint density at radius 3 is 2.00 bits per heavy atom. The molecule has 0 bridgehead atoms. The molecule has 0 aliphatic carbocycles. The molecule has 0 fully saturated rings. The summed E-state index contributed by atoms with van der Waals surface area (Å²) >= 11 is 0. The quantitative estimate of drug-likeness (QED) is 0.631. The van der Waals surface area contributed by atoms with E-state index in [1.165, 1.54) is 5.56 Å². The van der Waals surface area contributed by atoms with Gasteiger partial charge in [-0.15, -0.1) is 0 Å². The number of rotatable bonds is 4. The number of anilines is 3. The molecular weight excluding hydrogens is 270 g/mol. The molecule has 0 spiro atoms. The van der Waals surface area contributed by atoms with Gasteiger partial charge in [-0.25, -0.2) is 0 Å². The Morgan fingerprint density at radius 1 is 0.682 bits per heavy atom. The summed E-state index contributed by atoms with van der Waals surface area (Å²) < 4.78 is 5.37. The first kappa shape index (κ1) is 14.2. The van der Waals surface area contributed by atoms with Crippen LogP contribution in [0.5, 0.6) is 5.75 Å². The Morgan fingerprint density at radius 2 is 1.32 bits per heavy atom. The van der Waals surface area contributed by atoms with E-state index in [4.69, 9.17) is 4.74 Å². The van der Waals surface area contributed by atoms with Crippen LogP contribution in [-0.4, -0.2) is 7.11 Å². The van der Waals surface area contributed by atoms with Crippen molar-refractivity contribution < 1.29 is 4.74 Å². The van der Waals surface area contributed by atoms with Gasteiger partial charge in [0.25, 0.3) is 0 Å². The van der Waals surface area contributed by atoms with Crippen molar-refractivity contribution in [1.82, 2.24) is 0 Å². The Kier molecular flexibility index (Phi) is 4.10. The minimum Gasteiger partial charge on any atom is -0.497 e. The maximum absolute atomic E-state index is 5.37. The SMILES string of the molecule is COc1cccc(N(c2ccccc2)c2cccc(C)c2)c1. The summed E-state index contributed by atoms with van der Waals surface area (Å²) in [4.78, 5) is 2.23. The van der Waals surface area contributed by atoms with Crippen LogP contribution >= 0.6 is 0 Å². The summed E-state index contributed by atoms with van der Waals surface area (Å²) in [5.74, 6) is 0.853. The van der Waals surface area contributed by atoms with Crippen LogP contribution in [0.4, 0.5) is 17.1 Å². The summed E-state index contributed by atoms with van der Waals surface area (Å²) in [5.41, 5.74) is 4.58. The van der Waals surface area contributed by atoms with Gasteiger partial charge in [0.05, 0.1) is 7.11 Å². The van der Waals surface area contributed by atoms with E-state index in [1.807, 2.05) is 18.2 Å². The van der Waals surface area contributed by atoms with Crippen molar-refractivity contribution in [1.29, 1.82) is 0 Å². The van der Waals surface area contributed by atoms with Gasteiger partial charge in [0.15, 0.2) is 0 Å². The third-order valence-electron chi connectivity index (χ3n) is 3.59. The minimum absolute atomic E-state index is 0.853. The van der Waals surface area contributed by atoms with Gasteiger partial charge in [-0.3, -0.25) is 0 Å². The van der Waals surface area contributed by atoms with Crippen LogP contribution in [-0.2, 0) is 0 Å². The zero-order chi connectivity index (χ0) is 15.4. The summed E-state index contributed by atoms with van der Waals surface area (Å²) in [6, 6.07) is 27.0. The molecule has 2 nitrogen and oxygen atoms in total. The number of benzene rings is 3. The van der Waals surface area contributed by atoms with Crippen LogP contribution in [0, 0.1) is 6.92 Å². The Bertz CT molecular complexity index is 752. The van der Waals surface area contributed by atoms with E-state index in [1.54, 1.807) is 7.11 Å². The fourth-order valence-corrected chi connectivity index (χ4v) is 2.54. The molecule has 3 aromatic rings. The zero-order valence-electron chi connectivity index (χ0n) is 12.9. The standard InChI is InChI=1S/C20H19NO/c1-16-8-6-11-18(14-16)21(17-9-4-3-5-10-17)19-12-7-13-20(15-19)22-2/h3-15H,1-2H3. The first-order chi connectivity index (χ1) is 10.8. The molecule has 0 atom stereocenters. The number of methoxy groups -OCH3 is 1. The summed E-state index contributed by atoms with van der Waals surface area (Å²) in [6.07, 6.45) is 0. The van der Waals surface area contributed by atoms with Gasteiger partial charge >= 0.3 is 0 Å². The lowest BCUT2D eigenvalue weighted by Crippen LogP contribution is -2.10. The fraction of sp³-hybridized carbons (Fsp3) is 0.100. The van der Waals surface area contributed by atoms with E-state index in [2.05, 4.69) is 72.5 Å². The van der Waals surface area contributed by atoms with Crippen LogP contribution in [0.15, 0.2) is 78.9 Å². The second kappa shape index (κ2) is 6.35. The number of aryl methyl sites for hydroxylation is 1. The minimum atomic E-state index is 0.853. The Labute approximate surface area is 131 Å². The third kappa shape index (κ3) is 2.96. The largest absolute Gasteiger partial charge is 0.497 e. The van der Waals surface area contributed by atoms with Gasteiger partial charge in [-0.2, -0.15) is 0 Å². The van der Waals surface area contributed by atoms with Crippen molar-refractivity contribution in [3.05, 3.63) is 84.4 Å². The summed E-state index contributed by atoms with van der Waals surface area (Å²) in [6.45, 7) is 2.11. The van der Waals surface area contributed by atoms with Gasteiger partial charge in [0.1, 0.15) is 5.75 Å². The lowest BCUT2D eigenvalue weighted by atomic mass is 10.1. The zero-order valence-corrected chi connectivity index (χ0v) is 12.9. The van der Waals surface area contributed by atoms with E-state index < -0.39 is 0 Å². The molecule has 0 aromatic heterocycles. The molecule has 0 saturated carbocycles. The number of para-hydroxylation sites is 1. The molecule has 0 N–H and O–H groups in total. The van der Waals surface area contributed by atoms with E-state index in [0.29, 0.717) is 0 Å². The van der Waals surface area contributed by atoms with Crippen LogP contribution < -0.4 is 9.64 Å². The number of ether oxygens (including phenoxy) is 1. The molecule has 0 saturated heterocycles. The maximum Gasteiger partial charge on any atom is 0.120 e. The first-order valence-corrected chi connectivity index (χ1v) is 7.34. The van der Waals surface area contributed by atoms with Gasteiger partial charge < -0.3 is 9.64 Å². The van der Waals surface area contributed by atoms with Crippen LogP contribution in [0.2, 0.25) is 0 Å². The van der Waals surface area contributed by atoms with Gasteiger partial charge in [-0.1, -0.05) is 36.4 Å². The number of hydrogen-bond donors (Lipinski definition) is 0. The molecule has 0 radical (unpaired) electrons. The second-order valence-electron chi connectivity index (χ2n) is 5.21. The van der Waals surface area contributed by atoms with Crippen molar-refractivity contribution in [2.45, 2.75) is 6.92 Å². The predicted octanol–water partition coefficient (Wildman–Crippen LogP) is 5.47. The average molecular weight is 289 g/mol. The predicted molar refractivity (Wildman–Crippen MR) is 92.4 cm³/mol. The topological polar surface area (TPSA) is 12.5 Å². The smallest absolute Gasteiger partial charge is 0.120 e. The normalized spacial score (nSPS) is 10.3. The fourth-order valence-electron chi connectivity index (χ4n) is 2.54. The molecule has 0 aliphatic heterocycles. The molecule has 0 unspecified atom stereocenters. The molecule has 110 valence electrons. The van der Waals surface area contributed by atoms with Crippen molar-refractivity contribution >= 4 is 17.1 Å². The highest BCUT2D eigenvalue weighted by atomic mass is 16.5. The van der Waals surface area contributed by atoms with Gasteiger partial charge in [0.2, 0.25) is 0 Å². The van der Waals surface area contributed by atoms with Crippen LogP contribution in [0.25, 0.3) is 0 Å². The summed E-state index contributed by atoms with van der Waals surface area (Å²) in [5, 5.41) is 0. The Balaban J connectivity index is 2.14. The van der Waals surface area contributed by atoms with E-state index >= 15 is 0 Å². The van der Waals surface area contributed by atoms with E-state index in [0.717, 1.165) is 22.8 Å². The molecule has 22 heavy (non-hydrogen) atoms. The lowest BCUT2D eigenvalue weighted by Gasteiger charge is -2.26. The highest BCUT2D eigenvalue weighted by Crippen LogP contribution is 2.35. The molecule has 0 heterocycles. The van der Waals surface area contributed by atoms with Gasteiger partial charge in [-0.05, 0) is 48.9 Å². The van der Waals surface area contributed by atoms with Crippen molar-refractivity contribution in [3.63, 3.8) is 0 Å². The number of hydrogen-bond acceptors (Lipinski definition) is 2. The second-order valence-corrected chi connectivity index (χ2v) is 5.21. The maximum atomic E-state index is 5.37. The highest BCUT2D eigenvalue weighted by molar-refractivity contribution is 5.77.